The van der Waals surface area contributed by atoms with Crippen LogP contribution in [0, 0.1) is 0 Å². The van der Waals surface area contributed by atoms with Crippen molar-refractivity contribution in [3.8, 4) is 0 Å². The van der Waals surface area contributed by atoms with Crippen molar-refractivity contribution in [1.82, 2.24) is 5.32 Å². The lowest BCUT2D eigenvalue weighted by Crippen LogP contribution is -2.28. The van der Waals surface area contributed by atoms with Crippen LogP contribution in [0.25, 0.3) is 0 Å². The molecule has 0 amide bonds. The number of hydrogen-bond donors (Lipinski definition) is 1. The molecule has 1 nitrogen and oxygen atoms in total. The predicted octanol–water partition coefficient (Wildman–Crippen LogP) is 4.31. The summed E-state index contributed by atoms with van der Waals surface area (Å²) >= 11 is 5.77. The van der Waals surface area contributed by atoms with Crippen molar-refractivity contribution in [3.05, 3.63) is 35.4 Å². The van der Waals surface area contributed by atoms with E-state index in [0.29, 0.717) is 12.0 Å². The number of nitrogens with one attached hydrogen (secondary N) is 1. The van der Waals surface area contributed by atoms with Gasteiger partial charge in [0.1, 0.15) is 0 Å². The highest BCUT2D eigenvalue weighted by molar-refractivity contribution is 6.17. The van der Waals surface area contributed by atoms with E-state index in [9.17, 15) is 0 Å². The molecule has 2 heteroatoms. The van der Waals surface area contributed by atoms with Crippen LogP contribution in [0.1, 0.15) is 50.7 Å². The van der Waals surface area contributed by atoms with Crippen LogP contribution >= 0.6 is 11.6 Å². The highest BCUT2D eigenvalue weighted by atomic mass is 35.5. The Balaban J connectivity index is 2.46. The van der Waals surface area contributed by atoms with Gasteiger partial charge in [-0.1, -0.05) is 45.0 Å². The zero-order valence-corrected chi connectivity index (χ0v) is 11.9. The van der Waals surface area contributed by atoms with Crippen molar-refractivity contribution < 1.29 is 0 Å². The minimum absolute atomic E-state index is 0.539. The molecule has 1 rings (SSSR count). The summed E-state index contributed by atoms with van der Waals surface area (Å²) in [7, 11) is 0. The van der Waals surface area contributed by atoms with Gasteiger partial charge in [-0.15, -0.1) is 11.6 Å². The molecule has 0 heterocycles. The summed E-state index contributed by atoms with van der Waals surface area (Å²) in [6.45, 7) is 7.58. The zero-order chi connectivity index (χ0) is 12.7. The fraction of sp³-hybridized carbons (Fsp3) is 0.600. The molecular formula is C15H24ClN. The standard InChI is InChI=1S/C15H24ClN/c1-4-15(9-10-16)17-11-13-5-7-14(8-6-13)12(2)3/h5-8,12,15,17H,4,9-11H2,1-3H3. The predicted molar refractivity (Wildman–Crippen MR) is 76.8 cm³/mol. The van der Waals surface area contributed by atoms with E-state index in [4.69, 9.17) is 11.6 Å². The average Bonchev–Trinajstić information content (AvgIpc) is 2.35. The van der Waals surface area contributed by atoms with Crippen LogP contribution in [0.4, 0.5) is 0 Å². The summed E-state index contributed by atoms with van der Waals surface area (Å²) in [6.07, 6.45) is 2.18. The lowest BCUT2D eigenvalue weighted by molar-refractivity contribution is 0.486. The van der Waals surface area contributed by atoms with Crippen molar-refractivity contribution >= 4 is 11.6 Å². The second kappa shape index (κ2) is 7.73. The van der Waals surface area contributed by atoms with Crippen LogP contribution in [0.2, 0.25) is 0 Å². The number of benzene rings is 1. The zero-order valence-electron chi connectivity index (χ0n) is 11.2. The summed E-state index contributed by atoms with van der Waals surface area (Å²) in [4.78, 5) is 0. The van der Waals surface area contributed by atoms with Crippen LogP contribution in [0.5, 0.6) is 0 Å². The highest BCUT2D eigenvalue weighted by Gasteiger charge is 2.04. The smallest absolute Gasteiger partial charge is 0.0238 e. The van der Waals surface area contributed by atoms with E-state index >= 15 is 0 Å². The van der Waals surface area contributed by atoms with Crippen LogP contribution in [-0.4, -0.2) is 11.9 Å². The van der Waals surface area contributed by atoms with Gasteiger partial charge in [-0.25, -0.2) is 0 Å². The van der Waals surface area contributed by atoms with Crippen LogP contribution in [0.15, 0.2) is 24.3 Å². The molecule has 0 aliphatic carbocycles. The van der Waals surface area contributed by atoms with Crippen molar-refractivity contribution in [2.24, 2.45) is 0 Å². The van der Waals surface area contributed by atoms with Gasteiger partial charge < -0.3 is 5.32 Å². The summed E-state index contributed by atoms with van der Waals surface area (Å²) in [6, 6.07) is 9.43. The quantitative estimate of drug-likeness (QED) is 0.714. The number of halogens is 1. The summed E-state index contributed by atoms with van der Waals surface area (Å²) in [5.74, 6) is 1.34. The van der Waals surface area contributed by atoms with E-state index in [1.807, 2.05) is 0 Å². The van der Waals surface area contributed by atoms with Crippen LogP contribution in [-0.2, 0) is 6.54 Å². The first-order valence-corrected chi connectivity index (χ1v) is 7.09. The van der Waals surface area contributed by atoms with Crippen molar-refractivity contribution in [3.63, 3.8) is 0 Å². The molecule has 0 saturated heterocycles. The molecule has 0 aromatic heterocycles. The molecular weight excluding hydrogens is 230 g/mol. The monoisotopic (exact) mass is 253 g/mol. The van der Waals surface area contributed by atoms with Crippen molar-refractivity contribution in [1.29, 1.82) is 0 Å². The Morgan fingerprint density at radius 1 is 1.18 bits per heavy atom. The van der Waals surface area contributed by atoms with Crippen molar-refractivity contribution in [2.45, 2.75) is 52.1 Å². The van der Waals surface area contributed by atoms with Gasteiger partial charge in [0.15, 0.2) is 0 Å². The Bertz CT molecular complexity index is 305. The van der Waals surface area contributed by atoms with Gasteiger partial charge in [0.05, 0.1) is 0 Å². The molecule has 0 radical (unpaired) electrons. The van der Waals surface area contributed by atoms with Gasteiger partial charge in [0.2, 0.25) is 0 Å². The Kier molecular flexibility index (Phi) is 6.61. The lowest BCUT2D eigenvalue weighted by atomic mass is 10.0. The molecule has 1 unspecified atom stereocenters. The lowest BCUT2D eigenvalue weighted by Gasteiger charge is -2.16. The molecule has 1 atom stereocenters. The molecule has 0 aliphatic heterocycles. The van der Waals surface area contributed by atoms with E-state index in [1.54, 1.807) is 0 Å². The highest BCUT2D eigenvalue weighted by Crippen LogP contribution is 2.14. The maximum atomic E-state index is 5.77. The first-order valence-electron chi connectivity index (χ1n) is 6.55. The minimum atomic E-state index is 0.539. The largest absolute Gasteiger partial charge is 0.310 e. The summed E-state index contributed by atoms with van der Waals surface area (Å²) in [5, 5.41) is 3.55. The van der Waals surface area contributed by atoms with Crippen LogP contribution < -0.4 is 5.32 Å². The van der Waals surface area contributed by atoms with Crippen molar-refractivity contribution in [2.75, 3.05) is 5.88 Å². The van der Waals surface area contributed by atoms with E-state index in [0.717, 1.165) is 25.3 Å². The molecule has 0 fully saturated rings. The van der Waals surface area contributed by atoms with Gasteiger partial charge in [-0.2, -0.15) is 0 Å². The fourth-order valence-corrected chi connectivity index (χ4v) is 2.13. The number of alkyl halides is 1. The van der Waals surface area contributed by atoms with Gasteiger partial charge >= 0.3 is 0 Å². The molecule has 0 bridgehead atoms. The summed E-state index contributed by atoms with van der Waals surface area (Å²) in [5.41, 5.74) is 2.75. The maximum Gasteiger partial charge on any atom is 0.0238 e. The van der Waals surface area contributed by atoms with E-state index in [2.05, 4.69) is 50.4 Å². The molecule has 0 saturated carbocycles. The molecule has 17 heavy (non-hydrogen) atoms. The van der Waals surface area contributed by atoms with E-state index in [-0.39, 0.29) is 0 Å². The third-order valence-electron chi connectivity index (χ3n) is 3.19. The summed E-state index contributed by atoms with van der Waals surface area (Å²) < 4.78 is 0. The minimum Gasteiger partial charge on any atom is -0.310 e. The normalized spacial score (nSPS) is 13.0. The van der Waals surface area contributed by atoms with Crippen LogP contribution in [0.3, 0.4) is 0 Å². The number of rotatable bonds is 7. The maximum absolute atomic E-state index is 5.77. The fourth-order valence-electron chi connectivity index (χ4n) is 1.86. The van der Waals surface area contributed by atoms with Gasteiger partial charge in [-0.3, -0.25) is 0 Å². The first kappa shape index (κ1) is 14.5. The average molecular weight is 254 g/mol. The Morgan fingerprint density at radius 2 is 1.82 bits per heavy atom. The molecule has 96 valence electrons. The van der Waals surface area contributed by atoms with Gasteiger partial charge in [0, 0.05) is 18.5 Å². The first-order chi connectivity index (χ1) is 8.17. The number of hydrogen-bond acceptors (Lipinski definition) is 1. The SMILES string of the molecule is CCC(CCCl)NCc1ccc(C(C)C)cc1. The Labute approximate surface area is 111 Å². The second-order valence-corrected chi connectivity index (χ2v) is 5.24. The molecule has 1 N–H and O–H groups in total. The topological polar surface area (TPSA) is 12.0 Å². The Morgan fingerprint density at radius 3 is 2.29 bits per heavy atom. The van der Waals surface area contributed by atoms with Gasteiger partial charge in [0.25, 0.3) is 0 Å². The second-order valence-electron chi connectivity index (χ2n) is 4.86. The molecule has 1 aromatic rings. The van der Waals surface area contributed by atoms with E-state index in [1.165, 1.54) is 11.1 Å². The van der Waals surface area contributed by atoms with Gasteiger partial charge in [-0.05, 0) is 29.9 Å². The third kappa shape index (κ3) is 5.10. The Hall–Kier alpha value is -0.530. The van der Waals surface area contributed by atoms with E-state index < -0.39 is 0 Å². The molecule has 0 aliphatic rings. The molecule has 1 aromatic carbocycles. The molecule has 0 spiro atoms. The third-order valence-corrected chi connectivity index (χ3v) is 3.41.